The van der Waals surface area contributed by atoms with E-state index in [4.69, 9.17) is 4.52 Å². The molecule has 102 valence electrons. The number of halogens is 3. The minimum absolute atomic E-state index is 0.00605. The van der Waals surface area contributed by atoms with Crippen LogP contribution in [0, 0.1) is 12.8 Å². The third kappa shape index (κ3) is 2.82. The van der Waals surface area contributed by atoms with Gasteiger partial charge in [0.2, 0.25) is 5.89 Å². The van der Waals surface area contributed by atoms with E-state index in [0.29, 0.717) is 24.7 Å². The van der Waals surface area contributed by atoms with Crippen molar-refractivity contribution in [3.05, 3.63) is 11.7 Å². The van der Waals surface area contributed by atoms with E-state index in [1.807, 2.05) is 0 Å². The summed E-state index contributed by atoms with van der Waals surface area (Å²) < 4.78 is 43.1. The molecule has 0 radical (unpaired) electrons. The first-order chi connectivity index (χ1) is 8.38. The van der Waals surface area contributed by atoms with Gasteiger partial charge < -0.3 is 4.52 Å². The van der Waals surface area contributed by atoms with Gasteiger partial charge in [-0.05, 0) is 33.2 Å². The summed E-state index contributed by atoms with van der Waals surface area (Å²) in [4.78, 5) is 5.83. The van der Waals surface area contributed by atoms with Crippen LogP contribution in [-0.4, -0.2) is 34.3 Å². The first kappa shape index (κ1) is 13.3. The summed E-state index contributed by atoms with van der Waals surface area (Å²) in [5, 5.41) is 3.67. The van der Waals surface area contributed by atoms with Crippen molar-refractivity contribution >= 4 is 0 Å². The Balaban J connectivity index is 2.05. The van der Waals surface area contributed by atoms with Crippen LogP contribution < -0.4 is 0 Å². The average molecular weight is 263 g/mol. The molecule has 2 heterocycles. The first-order valence-corrected chi connectivity index (χ1v) is 5.99. The van der Waals surface area contributed by atoms with Crippen molar-refractivity contribution in [1.29, 1.82) is 0 Å². The largest absolute Gasteiger partial charge is 0.393 e. The number of rotatable bonds is 2. The highest BCUT2D eigenvalue weighted by atomic mass is 19.4. The molecular formula is C11H16F3N3O. The molecule has 0 unspecified atom stereocenters. The van der Waals surface area contributed by atoms with Crippen LogP contribution in [0.25, 0.3) is 0 Å². The Morgan fingerprint density at radius 1 is 1.44 bits per heavy atom. The lowest BCUT2D eigenvalue weighted by Gasteiger charge is -2.36. The van der Waals surface area contributed by atoms with Crippen molar-refractivity contribution in [1.82, 2.24) is 15.0 Å². The quantitative estimate of drug-likeness (QED) is 0.822. The van der Waals surface area contributed by atoms with Gasteiger partial charge in [-0.25, -0.2) is 0 Å². The van der Waals surface area contributed by atoms with Gasteiger partial charge in [-0.2, -0.15) is 18.2 Å². The molecule has 0 spiro atoms. The second-order valence-corrected chi connectivity index (χ2v) is 4.73. The molecule has 4 nitrogen and oxygen atoms in total. The Morgan fingerprint density at radius 2 is 2.17 bits per heavy atom. The molecule has 2 atom stereocenters. The van der Waals surface area contributed by atoms with Crippen molar-refractivity contribution in [2.24, 2.45) is 5.92 Å². The second-order valence-electron chi connectivity index (χ2n) is 4.73. The SMILES string of the molecule is Cc1noc([C@H](C)N2CCC[C@@H](C(F)(F)F)C2)n1. The fourth-order valence-electron chi connectivity index (χ4n) is 2.26. The number of alkyl halides is 3. The number of piperidine rings is 1. The van der Waals surface area contributed by atoms with Gasteiger partial charge in [0.15, 0.2) is 5.82 Å². The van der Waals surface area contributed by atoms with Crippen LogP contribution in [0.5, 0.6) is 0 Å². The molecule has 2 rings (SSSR count). The summed E-state index contributed by atoms with van der Waals surface area (Å²) in [6, 6.07) is -0.267. The monoisotopic (exact) mass is 263 g/mol. The molecule has 0 amide bonds. The molecule has 0 aliphatic carbocycles. The molecule has 1 saturated heterocycles. The van der Waals surface area contributed by atoms with Gasteiger partial charge in [0.1, 0.15) is 0 Å². The lowest BCUT2D eigenvalue weighted by molar-refractivity contribution is -0.188. The molecular weight excluding hydrogens is 247 g/mol. The van der Waals surface area contributed by atoms with Crippen LogP contribution in [-0.2, 0) is 0 Å². The molecule has 1 aromatic rings. The summed E-state index contributed by atoms with van der Waals surface area (Å²) in [7, 11) is 0. The molecule has 1 aliphatic heterocycles. The maximum Gasteiger partial charge on any atom is 0.393 e. The minimum atomic E-state index is -4.12. The van der Waals surface area contributed by atoms with Gasteiger partial charge >= 0.3 is 6.18 Å². The summed E-state index contributed by atoms with van der Waals surface area (Å²) in [6.45, 7) is 4.13. The zero-order valence-corrected chi connectivity index (χ0v) is 10.4. The standard InChI is InChI=1S/C11H16F3N3O/c1-7(10-15-8(2)16-18-10)17-5-3-4-9(6-17)11(12,13)14/h7,9H,3-6H2,1-2H3/t7-,9+/m0/s1. The number of hydrogen-bond donors (Lipinski definition) is 0. The van der Waals surface area contributed by atoms with E-state index in [2.05, 4.69) is 10.1 Å². The van der Waals surface area contributed by atoms with Gasteiger partial charge in [0.05, 0.1) is 12.0 Å². The molecule has 0 bridgehead atoms. The van der Waals surface area contributed by atoms with Crippen LogP contribution in [0.4, 0.5) is 13.2 Å². The van der Waals surface area contributed by atoms with E-state index in [0.717, 1.165) is 0 Å². The Kier molecular flexibility index (Phi) is 3.61. The van der Waals surface area contributed by atoms with E-state index in [-0.39, 0.29) is 19.0 Å². The van der Waals surface area contributed by atoms with Gasteiger partial charge in [-0.15, -0.1) is 0 Å². The van der Waals surface area contributed by atoms with E-state index in [1.165, 1.54) is 0 Å². The zero-order chi connectivity index (χ0) is 13.3. The number of nitrogens with zero attached hydrogens (tertiary/aromatic N) is 3. The third-order valence-corrected chi connectivity index (χ3v) is 3.36. The van der Waals surface area contributed by atoms with Crippen LogP contribution in [0.2, 0.25) is 0 Å². The van der Waals surface area contributed by atoms with E-state index in [9.17, 15) is 13.2 Å². The Hall–Kier alpha value is -1.11. The third-order valence-electron chi connectivity index (χ3n) is 3.36. The van der Waals surface area contributed by atoms with Crippen LogP contribution in [0.15, 0.2) is 4.52 Å². The summed E-state index contributed by atoms with van der Waals surface area (Å²) in [5.41, 5.74) is 0. The predicted octanol–water partition coefficient (Wildman–Crippen LogP) is 2.71. The molecule has 7 heteroatoms. The molecule has 1 aliphatic rings. The number of aromatic nitrogens is 2. The molecule has 1 aromatic heterocycles. The predicted molar refractivity (Wildman–Crippen MR) is 57.8 cm³/mol. The molecule has 0 N–H and O–H groups in total. The minimum Gasteiger partial charge on any atom is -0.338 e. The number of hydrogen-bond acceptors (Lipinski definition) is 4. The molecule has 0 saturated carbocycles. The van der Waals surface area contributed by atoms with Crippen LogP contribution in [0.1, 0.15) is 37.5 Å². The molecule has 0 aromatic carbocycles. The second kappa shape index (κ2) is 4.87. The summed E-state index contributed by atoms with van der Waals surface area (Å²) in [5.74, 6) is -0.366. The van der Waals surface area contributed by atoms with Gasteiger partial charge in [0, 0.05) is 6.54 Å². The Labute approximate surface area is 103 Å². The highest BCUT2D eigenvalue weighted by Crippen LogP contribution is 2.35. The van der Waals surface area contributed by atoms with E-state index in [1.54, 1.807) is 18.7 Å². The van der Waals surface area contributed by atoms with Gasteiger partial charge in [0.25, 0.3) is 0 Å². The normalized spacial score (nSPS) is 24.2. The van der Waals surface area contributed by atoms with Crippen LogP contribution >= 0.6 is 0 Å². The maximum atomic E-state index is 12.7. The molecule has 1 fully saturated rings. The average Bonchev–Trinajstić information content (AvgIpc) is 2.74. The highest BCUT2D eigenvalue weighted by Gasteiger charge is 2.43. The van der Waals surface area contributed by atoms with E-state index >= 15 is 0 Å². The zero-order valence-electron chi connectivity index (χ0n) is 10.4. The van der Waals surface area contributed by atoms with Gasteiger partial charge in [-0.3, -0.25) is 4.90 Å². The Morgan fingerprint density at radius 3 is 2.72 bits per heavy atom. The molecule has 18 heavy (non-hydrogen) atoms. The highest BCUT2D eigenvalue weighted by molar-refractivity contribution is 4.92. The number of likely N-dealkylation sites (tertiary alicyclic amines) is 1. The first-order valence-electron chi connectivity index (χ1n) is 5.99. The summed E-state index contributed by atoms with van der Waals surface area (Å²) in [6.07, 6.45) is -3.37. The topological polar surface area (TPSA) is 42.2 Å². The van der Waals surface area contributed by atoms with Gasteiger partial charge in [-0.1, -0.05) is 5.16 Å². The smallest absolute Gasteiger partial charge is 0.338 e. The van der Waals surface area contributed by atoms with Crippen molar-refractivity contribution in [3.63, 3.8) is 0 Å². The van der Waals surface area contributed by atoms with Crippen molar-refractivity contribution < 1.29 is 17.7 Å². The van der Waals surface area contributed by atoms with E-state index < -0.39 is 12.1 Å². The lowest BCUT2D eigenvalue weighted by Crippen LogP contribution is -2.42. The number of aryl methyl sites for hydroxylation is 1. The van der Waals surface area contributed by atoms with Crippen molar-refractivity contribution in [2.45, 2.75) is 38.9 Å². The fraction of sp³-hybridized carbons (Fsp3) is 0.818. The van der Waals surface area contributed by atoms with Crippen molar-refractivity contribution in [3.8, 4) is 0 Å². The summed E-state index contributed by atoms with van der Waals surface area (Å²) >= 11 is 0. The maximum absolute atomic E-state index is 12.7. The van der Waals surface area contributed by atoms with Crippen LogP contribution in [0.3, 0.4) is 0 Å². The Bertz CT molecular complexity index is 404. The lowest BCUT2D eigenvalue weighted by atomic mass is 9.96. The fourth-order valence-corrected chi connectivity index (χ4v) is 2.26. The van der Waals surface area contributed by atoms with Crippen molar-refractivity contribution in [2.75, 3.05) is 13.1 Å².